The van der Waals surface area contributed by atoms with Gasteiger partial charge in [0, 0.05) is 6.54 Å². The molecule has 1 aliphatic rings. The molecule has 1 fully saturated rings. The third-order valence-corrected chi connectivity index (χ3v) is 3.78. The van der Waals surface area contributed by atoms with Crippen LogP contribution in [0, 0.1) is 10.8 Å². The SMILES string of the molecule is CC(C)(C)CNC(=O)C1(C(N)=S)CCCCC1. The first-order chi connectivity index (χ1) is 7.78. The summed E-state index contributed by atoms with van der Waals surface area (Å²) in [5.41, 5.74) is 5.31. The second kappa shape index (κ2) is 5.34. The van der Waals surface area contributed by atoms with Gasteiger partial charge in [0.05, 0.1) is 10.4 Å². The molecular formula is C13H24N2OS. The highest BCUT2D eigenvalue weighted by molar-refractivity contribution is 7.80. The van der Waals surface area contributed by atoms with Crippen molar-refractivity contribution in [1.82, 2.24) is 5.32 Å². The standard InChI is InChI=1S/C13H24N2OS/c1-12(2,3)9-15-11(16)13(10(14)17)7-5-4-6-8-13/h4-9H2,1-3H3,(H2,14,17)(H,15,16). The Labute approximate surface area is 110 Å². The van der Waals surface area contributed by atoms with E-state index in [1.807, 2.05) is 0 Å². The molecule has 0 aromatic rings. The van der Waals surface area contributed by atoms with E-state index >= 15 is 0 Å². The lowest BCUT2D eigenvalue weighted by molar-refractivity contribution is -0.129. The first-order valence-corrected chi connectivity index (χ1v) is 6.77. The molecule has 0 atom stereocenters. The van der Waals surface area contributed by atoms with Gasteiger partial charge in [-0.2, -0.15) is 0 Å². The van der Waals surface area contributed by atoms with Crippen molar-refractivity contribution in [3.05, 3.63) is 0 Å². The maximum Gasteiger partial charge on any atom is 0.233 e. The summed E-state index contributed by atoms with van der Waals surface area (Å²) < 4.78 is 0. The normalized spacial score (nSPS) is 19.7. The molecule has 1 aliphatic carbocycles. The van der Waals surface area contributed by atoms with Gasteiger partial charge in [0.1, 0.15) is 0 Å². The van der Waals surface area contributed by atoms with Crippen LogP contribution in [0.1, 0.15) is 52.9 Å². The molecule has 98 valence electrons. The van der Waals surface area contributed by atoms with Crippen LogP contribution in [0.4, 0.5) is 0 Å². The van der Waals surface area contributed by atoms with E-state index in [0.29, 0.717) is 11.5 Å². The summed E-state index contributed by atoms with van der Waals surface area (Å²) in [6.45, 7) is 6.96. The van der Waals surface area contributed by atoms with Gasteiger partial charge < -0.3 is 11.1 Å². The molecule has 1 rings (SSSR count). The summed E-state index contributed by atoms with van der Waals surface area (Å²) in [5.74, 6) is 0.0274. The van der Waals surface area contributed by atoms with E-state index in [0.717, 1.165) is 25.7 Å². The molecule has 0 unspecified atom stereocenters. The summed E-state index contributed by atoms with van der Waals surface area (Å²) >= 11 is 5.13. The van der Waals surface area contributed by atoms with E-state index < -0.39 is 5.41 Å². The van der Waals surface area contributed by atoms with Crippen LogP contribution in [0.15, 0.2) is 0 Å². The molecule has 0 radical (unpaired) electrons. The molecule has 4 heteroatoms. The summed E-state index contributed by atoms with van der Waals surface area (Å²) in [6.07, 6.45) is 4.87. The van der Waals surface area contributed by atoms with E-state index in [2.05, 4.69) is 26.1 Å². The second-order valence-corrected chi connectivity index (χ2v) is 6.69. The van der Waals surface area contributed by atoms with Crippen LogP contribution in [-0.2, 0) is 4.79 Å². The molecule has 17 heavy (non-hydrogen) atoms. The molecule has 0 aromatic heterocycles. The minimum absolute atomic E-state index is 0.0274. The molecule has 1 amide bonds. The second-order valence-electron chi connectivity index (χ2n) is 6.25. The first kappa shape index (κ1) is 14.4. The first-order valence-electron chi connectivity index (χ1n) is 6.36. The summed E-state index contributed by atoms with van der Waals surface area (Å²) in [4.78, 5) is 12.7. The lowest BCUT2D eigenvalue weighted by atomic mass is 9.73. The van der Waals surface area contributed by atoms with Crippen LogP contribution in [0.3, 0.4) is 0 Å². The van der Waals surface area contributed by atoms with Crippen LogP contribution in [0.25, 0.3) is 0 Å². The quantitative estimate of drug-likeness (QED) is 0.762. The number of thiocarbonyl (C=S) groups is 1. The van der Waals surface area contributed by atoms with E-state index in [9.17, 15) is 4.79 Å². The Morgan fingerprint density at radius 2 is 1.82 bits per heavy atom. The van der Waals surface area contributed by atoms with Gasteiger partial charge in [-0.15, -0.1) is 0 Å². The van der Waals surface area contributed by atoms with Crippen molar-refractivity contribution in [3.63, 3.8) is 0 Å². The molecule has 3 nitrogen and oxygen atoms in total. The van der Waals surface area contributed by atoms with Gasteiger partial charge in [0.15, 0.2) is 0 Å². The monoisotopic (exact) mass is 256 g/mol. The maximum atomic E-state index is 12.3. The number of rotatable bonds is 3. The number of amides is 1. The zero-order chi connectivity index (χ0) is 13.1. The van der Waals surface area contributed by atoms with Crippen LogP contribution in [0.5, 0.6) is 0 Å². The third-order valence-electron chi connectivity index (χ3n) is 3.39. The Kier molecular flexibility index (Phi) is 4.53. The summed E-state index contributed by atoms with van der Waals surface area (Å²) in [5, 5.41) is 3.01. The molecule has 0 aromatic carbocycles. The largest absolute Gasteiger partial charge is 0.392 e. The van der Waals surface area contributed by atoms with Crippen molar-refractivity contribution < 1.29 is 4.79 Å². The zero-order valence-electron chi connectivity index (χ0n) is 11.1. The van der Waals surface area contributed by atoms with E-state index in [4.69, 9.17) is 18.0 Å². The lowest BCUT2D eigenvalue weighted by Gasteiger charge is -2.35. The Morgan fingerprint density at radius 3 is 2.24 bits per heavy atom. The zero-order valence-corrected chi connectivity index (χ0v) is 12.0. The van der Waals surface area contributed by atoms with Crippen LogP contribution >= 0.6 is 12.2 Å². The van der Waals surface area contributed by atoms with Crippen molar-refractivity contribution in [3.8, 4) is 0 Å². The predicted molar refractivity (Wildman–Crippen MR) is 74.8 cm³/mol. The predicted octanol–water partition coefficient (Wildman–Crippen LogP) is 2.39. The number of nitrogens with one attached hydrogen (secondary N) is 1. The van der Waals surface area contributed by atoms with Gasteiger partial charge in [0.2, 0.25) is 5.91 Å². The highest BCUT2D eigenvalue weighted by Crippen LogP contribution is 2.37. The van der Waals surface area contributed by atoms with Crippen molar-refractivity contribution in [2.24, 2.45) is 16.6 Å². The minimum Gasteiger partial charge on any atom is -0.392 e. The summed E-state index contributed by atoms with van der Waals surface area (Å²) in [6, 6.07) is 0. The Balaban J connectivity index is 2.71. The van der Waals surface area contributed by atoms with E-state index in [-0.39, 0.29) is 11.3 Å². The smallest absolute Gasteiger partial charge is 0.233 e. The summed E-state index contributed by atoms with van der Waals surface area (Å²) in [7, 11) is 0. The van der Waals surface area contributed by atoms with Crippen LogP contribution < -0.4 is 11.1 Å². The highest BCUT2D eigenvalue weighted by Gasteiger charge is 2.42. The third kappa shape index (κ3) is 3.66. The van der Waals surface area contributed by atoms with Crippen LogP contribution in [0.2, 0.25) is 0 Å². The number of carbonyl (C=O) groups is 1. The molecule has 0 bridgehead atoms. The Hall–Kier alpha value is -0.640. The van der Waals surface area contributed by atoms with E-state index in [1.165, 1.54) is 6.42 Å². The fourth-order valence-corrected chi connectivity index (χ4v) is 2.55. The van der Waals surface area contributed by atoms with Gasteiger partial charge in [-0.3, -0.25) is 4.79 Å². The van der Waals surface area contributed by atoms with Crippen molar-refractivity contribution >= 4 is 23.1 Å². The Morgan fingerprint density at radius 1 is 1.29 bits per heavy atom. The molecule has 0 saturated heterocycles. The van der Waals surface area contributed by atoms with Gasteiger partial charge in [0.25, 0.3) is 0 Å². The topological polar surface area (TPSA) is 55.1 Å². The molecular weight excluding hydrogens is 232 g/mol. The van der Waals surface area contributed by atoms with Crippen molar-refractivity contribution in [2.75, 3.05) is 6.54 Å². The van der Waals surface area contributed by atoms with Crippen molar-refractivity contribution in [1.29, 1.82) is 0 Å². The van der Waals surface area contributed by atoms with E-state index in [1.54, 1.807) is 0 Å². The van der Waals surface area contributed by atoms with Crippen molar-refractivity contribution in [2.45, 2.75) is 52.9 Å². The maximum absolute atomic E-state index is 12.3. The molecule has 3 N–H and O–H groups in total. The number of hydrogen-bond donors (Lipinski definition) is 2. The molecule has 0 spiro atoms. The van der Waals surface area contributed by atoms with Gasteiger partial charge in [-0.25, -0.2) is 0 Å². The van der Waals surface area contributed by atoms with Gasteiger partial charge in [-0.05, 0) is 18.3 Å². The minimum atomic E-state index is -0.584. The fraction of sp³-hybridized carbons (Fsp3) is 0.846. The van der Waals surface area contributed by atoms with Gasteiger partial charge in [-0.1, -0.05) is 52.3 Å². The Bertz CT molecular complexity index is 301. The average molecular weight is 256 g/mol. The van der Waals surface area contributed by atoms with Gasteiger partial charge >= 0.3 is 0 Å². The molecule has 1 saturated carbocycles. The highest BCUT2D eigenvalue weighted by atomic mass is 32.1. The fourth-order valence-electron chi connectivity index (χ4n) is 2.26. The number of hydrogen-bond acceptors (Lipinski definition) is 2. The lowest BCUT2D eigenvalue weighted by Crippen LogP contribution is -2.51. The number of carbonyl (C=O) groups excluding carboxylic acids is 1. The van der Waals surface area contributed by atoms with Crippen LogP contribution in [-0.4, -0.2) is 17.4 Å². The number of nitrogens with two attached hydrogens (primary N) is 1. The average Bonchev–Trinajstić information content (AvgIpc) is 2.25. The molecule has 0 aliphatic heterocycles. The molecule has 0 heterocycles.